The second-order valence-electron chi connectivity index (χ2n) is 6.19. The van der Waals surface area contributed by atoms with E-state index >= 15 is 0 Å². The van der Waals surface area contributed by atoms with Gasteiger partial charge in [0.2, 0.25) is 0 Å². The van der Waals surface area contributed by atoms with Crippen LogP contribution in [0.3, 0.4) is 0 Å². The Morgan fingerprint density at radius 3 is 2.35 bits per heavy atom. The standard InChI is InChI=1S/C16H28N2O2/c1-5-6-7-18(8-9-19)15-11-13(12-20)10-14(17-15)16(2,3)4/h10-11,19-20H,5-9,12H2,1-4H3. The van der Waals surface area contributed by atoms with Gasteiger partial charge in [-0.1, -0.05) is 34.1 Å². The zero-order valence-corrected chi connectivity index (χ0v) is 13.2. The van der Waals surface area contributed by atoms with Gasteiger partial charge in [0, 0.05) is 24.2 Å². The van der Waals surface area contributed by atoms with E-state index in [1.165, 1.54) is 0 Å². The summed E-state index contributed by atoms with van der Waals surface area (Å²) in [4.78, 5) is 6.82. The Kier molecular flexibility index (Phi) is 6.43. The summed E-state index contributed by atoms with van der Waals surface area (Å²) in [6.45, 7) is 10.1. The molecule has 0 fully saturated rings. The van der Waals surface area contributed by atoms with Crippen molar-refractivity contribution in [2.24, 2.45) is 0 Å². The highest BCUT2D eigenvalue weighted by Crippen LogP contribution is 2.25. The smallest absolute Gasteiger partial charge is 0.129 e. The van der Waals surface area contributed by atoms with Gasteiger partial charge in [0.1, 0.15) is 5.82 Å². The number of aliphatic hydroxyl groups is 2. The van der Waals surface area contributed by atoms with Crippen molar-refractivity contribution in [2.45, 2.75) is 52.6 Å². The molecule has 1 heterocycles. The first kappa shape index (κ1) is 16.9. The Morgan fingerprint density at radius 2 is 1.85 bits per heavy atom. The molecule has 0 spiro atoms. The maximum Gasteiger partial charge on any atom is 0.129 e. The van der Waals surface area contributed by atoms with Crippen molar-refractivity contribution >= 4 is 5.82 Å². The van der Waals surface area contributed by atoms with E-state index in [0.29, 0.717) is 6.54 Å². The molecule has 20 heavy (non-hydrogen) atoms. The molecule has 2 N–H and O–H groups in total. The van der Waals surface area contributed by atoms with Crippen LogP contribution >= 0.6 is 0 Å². The molecule has 0 aromatic carbocycles. The quantitative estimate of drug-likeness (QED) is 0.805. The SMILES string of the molecule is CCCCN(CCO)c1cc(CO)cc(C(C)(C)C)n1. The van der Waals surface area contributed by atoms with Crippen LogP contribution in [0.2, 0.25) is 0 Å². The molecule has 1 rings (SSSR count). The molecule has 0 aliphatic heterocycles. The third-order valence-corrected chi connectivity index (χ3v) is 3.30. The van der Waals surface area contributed by atoms with Gasteiger partial charge in [-0.25, -0.2) is 4.98 Å². The predicted molar refractivity (Wildman–Crippen MR) is 83.1 cm³/mol. The van der Waals surface area contributed by atoms with Crippen molar-refractivity contribution in [3.05, 3.63) is 23.4 Å². The van der Waals surface area contributed by atoms with Crippen LogP contribution in [0.4, 0.5) is 5.82 Å². The van der Waals surface area contributed by atoms with E-state index in [1.807, 2.05) is 12.1 Å². The maximum atomic E-state index is 9.44. The summed E-state index contributed by atoms with van der Waals surface area (Å²) in [5.41, 5.74) is 1.79. The third kappa shape index (κ3) is 4.76. The molecule has 0 atom stereocenters. The Bertz CT molecular complexity index is 413. The number of pyridine rings is 1. The monoisotopic (exact) mass is 280 g/mol. The van der Waals surface area contributed by atoms with Crippen molar-refractivity contribution < 1.29 is 10.2 Å². The molecular formula is C16H28N2O2. The Balaban J connectivity index is 3.12. The van der Waals surface area contributed by atoms with Crippen LogP contribution in [0.1, 0.15) is 51.8 Å². The first-order valence-corrected chi connectivity index (χ1v) is 7.40. The van der Waals surface area contributed by atoms with Crippen LogP contribution in [-0.4, -0.2) is 34.9 Å². The average Bonchev–Trinajstić information content (AvgIpc) is 2.42. The van der Waals surface area contributed by atoms with Crippen molar-refractivity contribution in [1.29, 1.82) is 0 Å². The van der Waals surface area contributed by atoms with Crippen LogP contribution in [-0.2, 0) is 12.0 Å². The second-order valence-corrected chi connectivity index (χ2v) is 6.19. The number of nitrogens with zero attached hydrogens (tertiary/aromatic N) is 2. The first-order chi connectivity index (χ1) is 9.42. The molecule has 0 saturated heterocycles. The van der Waals surface area contributed by atoms with Crippen LogP contribution in [0.25, 0.3) is 0 Å². The molecular weight excluding hydrogens is 252 g/mol. The van der Waals surface area contributed by atoms with Crippen molar-refractivity contribution in [1.82, 2.24) is 4.98 Å². The van der Waals surface area contributed by atoms with E-state index in [1.54, 1.807) is 0 Å². The third-order valence-electron chi connectivity index (χ3n) is 3.30. The van der Waals surface area contributed by atoms with Gasteiger partial charge in [0.15, 0.2) is 0 Å². The molecule has 1 aromatic rings. The number of hydrogen-bond donors (Lipinski definition) is 2. The molecule has 114 valence electrons. The Hall–Kier alpha value is -1.13. The number of aliphatic hydroxyl groups excluding tert-OH is 2. The van der Waals surface area contributed by atoms with Crippen molar-refractivity contribution in [3.8, 4) is 0 Å². The summed E-state index contributed by atoms with van der Waals surface area (Å²) in [6, 6.07) is 3.88. The number of rotatable bonds is 7. The zero-order valence-electron chi connectivity index (χ0n) is 13.2. The lowest BCUT2D eigenvalue weighted by molar-refractivity contribution is 0.281. The molecule has 4 heteroatoms. The predicted octanol–water partition coefficient (Wildman–Crippen LogP) is 2.47. The molecule has 4 nitrogen and oxygen atoms in total. The normalized spacial score (nSPS) is 11.7. The molecule has 0 unspecified atom stereocenters. The van der Waals surface area contributed by atoms with E-state index in [9.17, 15) is 10.2 Å². The van der Waals surface area contributed by atoms with E-state index < -0.39 is 0 Å². The summed E-state index contributed by atoms with van der Waals surface area (Å²) < 4.78 is 0. The van der Waals surface area contributed by atoms with Crippen molar-refractivity contribution in [2.75, 3.05) is 24.6 Å². The van der Waals surface area contributed by atoms with Crippen LogP contribution < -0.4 is 4.90 Å². The van der Waals surface area contributed by atoms with Gasteiger partial charge in [0.05, 0.1) is 13.2 Å². The van der Waals surface area contributed by atoms with Gasteiger partial charge in [-0.15, -0.1) is 0 Å². The molecule has 0 aliphatic carbocycles. The number of unbranched alkanes of at least 4 members (excludes halogenated alkanes) is 1. The summed E-state index contributed by atoms with van der Waals surface area (Å²) in [7, 11) is 0. The number of hydrogen-bond acceptors (Lipinski definition) is 4. The fourth-order valence-corrected chi connectivity index (χ4v) is 2.02. The molecule has 1 aromatic heterocycles. The maximum absolute atomic E-state index is 9.44. The summed E-state index contributed by atoms with van der Waals surface area (Å²) in [6.07, 6.45) is 2.17. The lowest BCUT2D eigenvalue weighted by atomic mass is 9.91. The minimum absolute atomic E-state index is 0.0132. The van der Waals surface area contributed by atoms with E-state index in [2.05, 4.69) is 32.6 Å². The molecule has 0 amide bonds. The fraction of sp³-hybridized carbons (Fsp3) is 0.688. The summed E-state index contributed by atoms with van der Waals surface area (Å²) in [5.74, 6) is 0.851. The summed E-state index contributed by atoms with van der Waals surface area (Å²) >= 11 is 0. The molecule has 0 bridgehead atoms. The minimum atomic E-state index is -0.0599. The Morgan fingerprint density at radius 1 is 1.15 bits per heavy atom. The van der Waals surface area contributed by atoms with E-state index in [4.69, 9.17) is 4.98 Å². The van der Waals surface area contributed by atoms with E-state index in [-0.39, 0.29) is 18.6 Å². The van der Waals surface area contributed by atoms with Gasteiger partial charge in [0.25, 0.3) is 0 Å². The number of anilines is 1. The fourth-order valence-electron chi connectivity index (χ4n) is 2.02. The molecule has 0 aliphatic rings. The lowest BCUT2D eigenvalue weighted by Gasteiger charge is -2.26. The van der Waals surface area contributed by atoms with Crippen LogP contribution in [0, 0.1) is 0 Å². The largest absolute Gasteiger partial charge is 0.395 e. The van der Waals surface area contributed by atoms with Gasteiger partial charge < -0.3 is 15.1 Å². The highest BCUT2D eigenvalue weighted by Gasteiger charge is 2.18. The molecule has 0 radical (unpaired) electrons. The number of aromatic nitrogens is 1. The Labute approximate surface area is 122 Å². The van der Waals surface area contributed by atoms with Gasteiger partial charge in [-0.3, -0.25) is 0 Å². The first-order valence-electron chi connectivity index (χ1n) is 7.40. The highest BCUT2D eigenvalue weighted by atomic mass is 16.3. The second kappa shape index (κ2) is 7.60. The highest BCUT2D eigenvalue weighted by molar-refractivity contribution is 5.43. The van der Waals surface area contributed by atoms with Crippen LogP contribution in [0.5, 0.6) is 0 Å². The topological polar surface area (TPSA) is 56.6 Å². The van der Waals surface area contributed by atoms with Gasteiger partial charge >= 0.3 is 0 Å². The van der Waals surface area contributed by atoms with E-state index in [0.717, 1.165) is 36.5 Å². The molecule has 0 saturated carbocycles. The zero-order chi connectivity index (χ0) is 15.2. The lowest BCUT2D eigenvalue weighted by Crippen LogP contribution is -2.29. The average molecular weight is 280 g/mol. The van der Waals surface area contributed by atoms with Crippen LogP contribution in [0.15, 0.2) is 12.1 Å². The summed E-state index contributed by atoms with van der Waals surface area (Å²) in [5, 5.41) is 18.7. The van der Waals surface area contributed by atoms with Gasteiger partial charge in [-0.05, 0) is 24.1 Å². The van der Waals surface area contributed by atoms with Gasteiger partial charge in [-0.2, -0.15) is 0 Å². The van der Waals surface area contributed by atoms with Crippen molar-refractivity contribution in [3.63, 3.8) is 0 Å². The minimum Gasteiger partial charge on any atom is -0.395 e.